The fourth-order valence-electron chi connectivity index (χ4n) is 3.65. The van der Waals surface area contributed by atoms with E-state index in [-0.39, 0.29) is 12.1 Å². The van der Waals surface area contributed by atoms with Crippen molar-refractivity contribution in [3.8, 4) is 17.2 Å². The molecule has 0 fully saturated rings. The summed E-state index contributed by atoms with van der Waals surface area (Å²) in [6.07, 6.45) is 3.43. The van der Waals surface area contributed by atoms with Crippen LogP contribution in [0.25, 0.3) is 5.69 Å². The first-order valence-electron chi connectivity index (χ1n) is 11.7. The maximum absolute atomic E-state index is 13.6. The van der Waals surface area contributed by atoms with Crippen molar-refractivity contribution < 1.29 is 23.2 Å². The van der Waals surface area contributed by atoms with E-state index in [0.717, 1.165) is 0 Å². The first-order chi connectivity index (χ1) is 17.8. The van der Waals surface area contributed by atoms with Gasteiger partial charge in [-0.3, -0.25) is 9.29 Å². The Bertz CT molecular complexity index is 1150. The van der Waals surface area contributed by atoms with Crippen LogP contribution in [0.2, 0.25) is 5.02 Å². The zero-order chi connectivity index (χ0) is 26.9. The van der Waals surface area contributed by atoms with Gasteiger partial charge < -0.3 is 18.9 Å². The highest BCUT2D eigenvalue weighted by atomic mass is 35.5. The number of ether oxygens (including phenoxy) is 4. The van der Waals surface area contributed by atoms with E-state index in [1.807, 2.05) is 32.0 Å². The molecule has 0 radical (unpaired) electrons. The number of hydrogen-bond donors (Lipinski definition) is 1. The van der Waals surface area contributed by atoms with Crippen LogP contribution in [-0.4, -0.2) is 68.2 Å². The predicted molar refractivity (Wildman–Crippen MR) is 142 cm³/mol. The Kier molecular flexibility index (Phi) is 10.6. The molecule has 3 aromatic rings. The van der Waals surface area contributed by atoms with Crippen molar-refractivity contribution in [3.05, 3.63) is 47.3 Å². The molecule has 1 N–H and O–H groups in total. The van der Waals surface area contributed by atoms with E-state index in [9.17, 15) is 4.21 Å². The zero-order valence-corrected chi connectivity index (χ0v) is 23.4. The molecule has 2 aromatic heterocycles. The molecule has 13 heteroatoms. The molecule has 0 aliphatic heterocycles. The third-order valence-corrected chi connectivity index (χ3v) is 6.88. The highest BCUT2D eigenvalue weighted by Crippen LogP contribution is 2.36. The van der Waals surface area contributed by atoms with Crippen LogP contribution < -0.4 is 14.2 Å². The molecule has 0 aliphatic carbocycles. The summed E-state index contributed by atoms with van der Waals surface area (Å²) in [6, 6.07) is 5.44. The number of hydrogen-bond acceptors (Lipinski definition) is 9. The standard InChI is InChI=1S/C24H33ClN6O5S/c1-15(2)36-22(23-26-13-17(25)14-27-23)16(3)37(32)30-24-29-28-20(11-8-12-33-4)31(24)21-18(34-5)9-7-10-19(21)35-6/h7,9-10,13-16,22H,8,11-12H2,1-6H3,(H,29,30)/t16?,22-,37?/m1/s1. The van der Waals surface area contributed by atoms with Crippen molar-refractivity contribution in [1.82, 2.24) is 24.7 Å². The van der Waals surface area contributed by atoms with Crippen molar-refractivity contribution >= 4 is 28.5 Å². The smallest absolute Gasteiger partial charge is 0.241 e. The van der Waals surface area contributed by atoms with Gasteiger partial charge in [-0.05, 0) is 39.3 Å². The lowest BCUT2D eigenvalue weighted by Gasteiger charge is -2.25. The molecule has 202 valence electrons. The Hall–Kier alpha value is -2.80. The van der Waals surface area contributed by atoms with Crippen LogP contribution in [0.1, 0.15) is 44.9 Å². The Morgan fingerprint density at radius 2 is 1.70 bits per heavy atom. The number of nitrogens with zero attached hydrogens (tertiary/aromatic N) is 5. The second kappa shape index (κ2) is 13.7. The number of aromatic nitrogens is 5. The molecule has 0 bridgehead atoms. The lowest BCUT2D eigenvalue weighted by Crippen LogP contribution is -2.31. The van der Waals surface area contributed by atoms with Crippen LogP contribution in [0.5, 0.6) is 11.5 Å². The summed E-state index contributed by atoms with van der Waals surface area (Å²) in [6.45, 7) is 6.13. The van der Waals surface area contributed by atoms with Gasteiger partial charge in [0.05, 0.1) is 30.6 Å². The molecule has 37 heavy (non-hydrogen) atoms. The second-order valence-corrected chi connectivity index (χ2v) is 10.3. The molecule has 3 atom stereocenters. The minimum absolute atomic E-state index is 0.155. The van der Waals surface area contributed by atoms with Gasteiger partial charge in [-0.2, -0.15) is 0 Å². The summed E-state index contributed by atoms with van der Waals surface area (Å²) in [5, 5.41) is 8.52. The molecule has 2 heterocycles. The normalized spacial score (nSPS) is 13.8. The van der Waals surface area contributed by atoms with Crippen molar-refractivity contribution in [1.29, 1.82) is 0 Å². The lowest BCUT2D eigenvalue weighted by molar-refractivity contribution is 0.00218. The third kappa shape index (κ3) is 7.16. The lowest BCUT2D eigenvalue weighted by atomic mass is 10.2. The van der Waals surface area contributed by atoms with E-state index in [4.69, 9.17) is 30.5 Å². The Labute approximate surface area is 224 Å². The number of halogens is 1. The first-order valence-corrected chi connectivity index (χ1v) is 13.3. The largest absolute Gasteiger partial charge is 0.494 e. The second-order valence-electron chi connectivity index (χ2n) is 8.35. The maximum atomic E-state index is 13.6. The third-order valence-electron chi connectivity index (χ3n) is 5.37. The molecule has 0 aliphatic rings. The predicted octanol–water partition coefficient (Wildman–Crippen LogP) is 3.94. The number of anilines is 1. The molecule has 3 rings (SSSR count). The van der Waals surface area contributed by atoms with Gasteiger partial charge in [0.25, 0.3) is 0 Å². The van der Waals surface area contributed by atoms with E-state index in [1.165, 1.54) is 12.4 Å². The SMILES string of the molecule is COCCCc1nnc(NS(=O)C(C)[C@@H](OC(C)C)c2ncc(Cl)cn2)n1-c1c(OC)cccc1OC. The summed E-state index contributed by atoms with van der Waals surface area (Å²) in [5.41, 5.74) is 0.591. The summed E-state index contributed by atoms with van der Waals surface area (Å²) >= 11 is 5.96. The van der Waals surface area contributed by atoms with E-state index >= 15 is 0 Å². The van der Waals surface area contributed by atoms with E-state index in [1.54, 1.807) is 32.8 Å². The van der Waals surface area contributed by atoms with Gasteiger partial charge in [0, 0.05) is 32.5 Å². The number of aryl methyl sites for hydroxylation is 1. The maximum Gasteiger partial charge on any atom is 0.241 e. The van der Waals surface area contributed by atoms with Gasteiger partial charge in [0.1, 0.15) is 40.1 Å². The number of nitrogens with one attached hydrogen (secondary N) is 1. The van der Waals surface area contributed by atoms with Gasteiger partial charge in [-0.15, -0.1) is 10.2 Å². The average molecular weight is 553 g/mol. The fraction of sp³-hybridized carbons (Fsp3) is 0.500. The fourth-order valence-corrected chi connectivity index (χ4v) is 4.65. The van der Waals surface area contributed by atoms with Gasteiger partial charge >= 0.3 is 0 Å². The van der Waals surface area contributed by atoms with Crippen LogP contribution in [-0.2, 0) is 26.9 Å². The first kappa shape index (κ1) is 28.8. The van der Waals surface area contributed by atoms with Crippen molar-refractivity contribution in [3.63, 3.8) is 0 Å². The monoisotopic (exact) mass is 552 g/mol. The molecule has 0 spiro atoms. The van der Waals surface area contributed by atoms with E-state index in [2.05, 4.69) is 24.9 Å². The Morgan fingerprint density at radius 3 is 2.27 bits per heavy atom. The minimum atomic E-state index is -1.68. The Balaban J connectivity index is 1.99. The van der Waals surface area contributed by atoms with Gasteiger partial charge in [0.2, 0.25) is 5.95 Å². The number of para-hydroxylation sites is 1. The summed E-state index contributed by atoms with van der Waals surface area (Å²) < 4.78 is 40.9. The summed E-state index contributed by atoms with van der Waals surface area (Å²) in [4.78, 5) is 8.58. The molecular formula is C24H33ClN6O5S. The highest BCUT2D eigenvalue weighted by Gasteiger charge is 2.31. The topological polar surface area (TPSA) is 123 Å². The Morgan fingerprint density at radius 1 is 1.05 bits per heavy atom. The van der Waals surface area contributed by atoms with Gasteiger partial charge in [-0.1, -0.05) is 17.7 Å². The molecule has 1 aromatic carbocycles. The highest BCUT2D eigenvalue weighted by molar-refractivity contribution is 7.87. The van der Waals surface area contributed by atoms with Crippen LogP contribution in [0.15, 0.2) is 30.6 Å². The molecule has 0 saturated heterocycles. The summed E-state index contributed by atoms with van der Waals surface area (Å²) in [7, 11) is 3.10. The molecular weight excluding hydrogens is 520 g/mol. The minimum Gasteiger partial charge on any atom is -0.494 e. The average Bonchev–Trinajstić information content (AvgIpc) is 3.28. The van der Waals surface area contributed by atoms with Crippen LogP contribution in [0.3, 0.4) is 0 Å². The molecule has 11 nitrogen and oxygen atoms in total. The van der Waals surface area contributed by atoms with Crippen molar-refractivity contribution in [2.24, 2.45) is 0 Å². The van der Waals surface area contributed by atoms with Gasteiger partial charge in [0.15, 0.2) is 5.82 Å². The van der Waals surface area contributed by atoms with E-state index < -0.39 is 22.3 Å². The van der Waals surface area contributed by atoms with Crippen LogP contribution in [0.4, 0.5) is 5.95 Å². The number of benzene rings is 1. The van der Waals surface area contributed by atoms with Crippen LogP contribution >= 0.6 is 11.6 Å². The number of rotatable bonds is 14. The quantitative estimate of drug-likeness (QED) is 0.296. The van der Waals surface area contributed by atoms with E-state index in [0.29, 0.717) is 53.3 Å². The summed E-state index contributed by atoms with van der Waals surface area (Å²) in [5.74, 6) is 2.37. The molecule has 0 saturated carbocycles. The molecule has 2 unspecified atom stereocenters. The number of methoxy groups -OCH3 is 3. The van der Waals surface area contributed by atoms with Gasteiger partial charge in [-0.25, -0.2) is 14.2 Å². The zero-order valence-electron chi connectivity index (χ0n) is 21.8. The van der Waals surface area contributed by atoms with Crippen molar-refractivity contribution in [2.45, 2.75) is 51.1 Å². The van der Waals surface area contributed by atoms with Crippen LogP contribution in [0, 0.1) is 0 Å². The van der Waals surface area contributed by atoms with Crippen molar-refractivity contribution in [2.75, 3.05) is 32.7 Å². The molecule has 0 amide bonds.